The van der Waals surface area contributed by atoms with Gasteiger partial charge in [-0.3, -0.25) is 14.4 Å². The molecule has 14 heteroatoms. The molecule has 364 valence electrons. The van der Waals surface area contributed by atoms with Crippen molar-refractivity contribution in [3.63, 3.8) is 0 Å². The average molecular weight is 953 g/mol. The Morgan fingerprint density at radius 2 is 0.768 bits per heavy atom. The van der Waals surface area contributed by atoms with E-state index in [0.29, 0.717) is 39.2 Å². The Bertz CT molecular complexity index is 2880. The number of hydrogen-bond donors (Lipinski definition) is 3. The summed E-state index contributed by atoms with van der Waals surface area (Å²) in [5, 5.41) is 7.42. The van der Waals surface area contributed by atoms with Gasteiger partial charge in [0, 0.05) is 29.2 Å². The molecular weight excluding hydrogens is 895 g/mol. The summed E-state index contributed by atoms with van der Waals surface area (Å²) in [6, 6.07) is 27.2. The van der Waals surface area contributed by atoms with Crippen LogP contribution in [0.15, 0.2) is 97.1 Å². The quantitative estimate of drug-likeness (QED) is 0.0668. The van der Waals surface area contributed by atoms with E-state index >= 15 is 0 Å². The Hall–Kier alpha value is -7.35. The molecule has 1 heterocycles. The van der Waals surface area contributed by atoms with Crippen LogP contribution in [0.1, 0.15) is 102 Å². The van der Waals surface area contributed by atoms with Crippen LogP contribution in [0.5, 0.6) is 0 Å². The molecule has 0 amide bonds. The molecule has 8 nitrogen and oxygen atoms in total. The summed E-state index contributed by atoms with van der Waals surface area (Å²) < 4.78 is 76.8. The number of Topliss-reactive ketones (excluding diaryl/α,β-unsaturated/α-hetero) is 2. The number of rotatable bonds is 5. The first-order valence-electron chi connectivity index (χ1n) is 21.2. The molecule has 5 N–H and O–H groups in total. The summed E-state index contributed by atoms with van der Waals surface area (Å²) in [6.07, 6.45) is -8.81. The highest BCUT2D eigenvalue weighted by molar-refractivity contribution is 6.49. The molecule has 0 spiro atoms. The largest absolute Gasteiger partial charge is 0.481 e. The molecule has 1 aromatic heterocycles. The summed E-state index contributed by atoms with van der Waals surface area (Å²) in [7, 11) is 0. The zero-order chi connectivity index (χ0) is 51.2. The molecule has 0 saturated carbocycles. The fraction of sp³-hybridized carbons (Fsp3) is 0.255. The van der Waals surface area contributed by atoms with Crippen molar-refractivity contribution in [2.24, 2.45) is 0 Å². The molecule has 0 fully saturated rings. The molecule has 0 saturated heterocycles. The minimum atomic E-state index is -4.44. The Morgan fingerprint density at radius 1 is 0.464 bits per heavy atom. The van der Waals surface area contributed by atoms with Gasteiger partial charge in [0.1, 0.15) is 0 Å². The molecule has 69 heavy (non-hydrogen) atoms. The van der Waals surface area contributed by atoms with Crippen LogP contribution in [-0.2, 0) is 17.1 Å². The van der Waals surface area contributed by atoms with Crippen LogP contribution in [0.4, 0.5) is 37.7 Å². The molecule has 0 aliphatic rings. The number of nitrogen functional groups attached to an aromatic ring is 2. The number of nitrogens with two attached hydrogens (primary N) is 2. The first kappa shape index (κ1) is 56.0. The van der Waals surface area contributed by atoms with Crippen LogP contribution >= 0.6 is 0 Å². The summed E-state index contributed by atoms with van der Waals surface area (Å²) in [5.74, 6) is -1.72. The highest BCUT2D eigenvalue weighted by atomic mass is 19.4. The van der Waals surface area contributed by atoms with Gasteiger partial charge in [-0.2, -0.15) is 26.3 Å². The second-order valence-corrected chi connectivity index (χ2v) is 17.1. The number of aryl methyl sites for hydroxylation is 10. The molecule has 0 radical (unpaired) electrons. The maximum absolute atomic E-state index is 13.4. The number of carbonyl (C=O) groups excluding carboxylic acids is 2. The predicted octanol–water partition coefficient (Wildman–Crippen LogP) is 14.4. The number of carboxylic acids is 1. The molecule has 6 aromatic carbocycles. The molecule has 0 bridgehead atoms. The monoisotopic (exact) mass is 952 g/mol. The number of aromatic nitrogens is 2. The summed E-state index contributed by atoms with van der Waals surface area (Å²) in [5.41, 5.74) is 23.1. The molecule has 7 aromatic rings. The van der Waals surface area contributed by atoms with Crippen LogP contribution in [0.25, 0.3) is 33.5 Å². The summed E-state index contributed by atoms with van der Waals surface area (Å²) in [4.78, 5) is 43.2. The van der Waals surface area contributed by atoms with Crippen LogP contribution in [-0.4, -0.2) is 32.6 Å². The lowest BCUT2D eigenvalue weighted by molar-refractivity contribution is -0.138. The number of hydrogen-bond acceptors (Lipinski definition) is 7. The Morgan fingerprint density at radius 3 is 1.10 bits per heavy atom. The van der Waals surface area contributed by atoms with E-state index in [0.717, 1.165) is 86.8 Å². The van der Waals surface area contributed by atoms with Gasteiger partial charge in [-0.15, -0.1) is 0 Å². The van der Waals surface area contributed by atoms with Crippen molar-refractivity contribution >= 4 is 39.9 Å². The number of nitrogens with zero attached hydrogens (tertiary/aromatic N) is 2. The van der Waals surface area contributed by atoms with Crippen molar-refractivity contribution < 1.29 is 45.8 Å². The molecule has 0 aliphatic carbocycles. The lowest BCUT2D eigenvalue weighted by Gasteiger charge is -2.15. The lowest BCUT2D eigenvalue weighted by atomic mass is 9.96. The van der Waals surface area contributed by atoms with E-state index in [-0.39, 0.29) is 24.3 Å². The second-order valence-electron chi connectivity index (χ2n) is 17.1. The van der Waals surface area contributed by atoms with Crippen molar-refractivity contribution in [3.05, 3.63) is 175 Å². The van der Waals surface area contributed by atoms with E-state index in [1.54, 1.807) is 31.2 Å². The number of fused-ring (bicyclic) bond motifs is 1. The Kier molecular flexibility index (Phi) is 18.4. The number of aliphatic carboxylic acids is 1. The zero-order valence-electron chi connectivity index (χ0n) is 39.7. The van der Waals surface area contributed by atoms with Crippen molar-refractivity contribution in [3.8, 4) is 22.5 Å². The minimum absolute atomic E-state index is 0. The standard InChI is InChI=1S/C26H23F3N2.C18H18O2.C8H9F3N2.C2H4O2.CH4/c1-14-6-15(2)9-19(8-14)24-25(20-10-16(3)7-17(4)11-20)31-23-18(5)12-21(26(27,28)29)13-22(23)30-24;1-11-5-12(2)8-15(7-11)17(19)18(20)16-9-13(3)6-14(4)10-16;1-4-2-5(8(9,10)11)3-6(12)7(4)13;1-2(3)4;/h6-13H,1-5H3;5-10H,1-4H3;2-3H,12-13H2,1H3;1H3,(H,3,4);1H4. The number of carboxylic acid groups (broad SMARTS) is 1. The molecule has 7 rings (SSSR count). The molecule has 0 unspecified atom stereocenters. The van der Waals surface area contributed by atoms with Gasteiger partial charge >= 0.3 is 12.4 Å². The van der Waals surface area contributed by atoms with Crippen LogP contribution < -0.4 is 11.5 Å². The Labute approximate surface area is 399 Å². The van der Waals surface area contributed by atoms with E-state index in [4.69, 9.17) is 31.3 Å². The first-order chi connectivity index (χ1) is 31.4. The van der Waals surface area contributed by atoms with E-state index in [2.05, 4.69) is 12.1 Å². The van der Waals surface area contributed by atoms with Gasteiger partial charge in [0.05, 0.1) is 44.9 Å². The van der Waals surface area contributed by atoms with E-state index in [1.807, 2.05) is 91.8 Å². The van der Waals surface area contributed by atoms with Gasteiger partial charge in [-0.25, -0.2) is 9.97 Å². The van der Waals surface area contributed by atoms with E-state index < -0.39 is 41.0 Å². The third-order valence-corrected chi connectivity index (χ3v) is 10.2. The fourth-order valence-electron chi connectivity index (χ4n) is 7.58. The van der Waals surface area contributed by atoms with Crippen LogP contribution in [0, 0.1) is 69.2 Å². The van der Waals surface area contributed by atoms with Gasteiger partial charge in [0.25, 0.3) is 5.97 Å². The zero-order valence-corrected chi connectivity index (χ0v) is 39.7. The predicted molar refractivity (Wildman–Crippen MR) is 265 cm³/mol. The van der Waals surface area contributed by atoms with Gasteiger partial charge in [0.15, 0.2) is 0 Å². The number of carbonyl (C=O) groups is 3. The Balaban J connectivity index is 0.000000284. The number of ketones is 2. The summed E-state index contributed by atoms with van der Waals surface area (Å²) in [6.45, 7) is 19.9. The maximum atomic E-state index is 13.4. The number of alkyl halides is 6. The summed E-state index contributed by atoms with van der Waals surface area (Å²) >= 11 is 0. The SMILES string of the molecule is C.CC(=O)O.Cc1cc(C(F)(F)F)cc(N)c1N.Cc1cc(C)cc(-c2nc3cc(C(F)(F)F)cc(C)c3nc2-c2cc(C)cc(C)c2)c1.Cc1cc(C)cc(C(=O)C(=O)c2cc(C)cc(C)c2)c1. The number of anilines is 2. The highest BCUT2D eigenvalue weighted by Gasteiger charge is 2.32. The highest BCUT2D eigenvalue weighted by Crippen LogP contribution is 2.37. The topological polar surface area (TPSA) is 149 Å². The molecule has 0 aliphatic heterocycles. The maximum Gasteiger partial charge on any atom is 0.416 e. The van der Waals surface area contributed by atoms with Gasteiger partial charge in [0.2, 0.25) is 11.6 Å². The van der Waals surface area contributed by atoms with Crippen molar-refractivity contribution in [2.45, 2.75) is 95.9 Å². The van der Waals surface area contributed by atoms with Gasteiger partial charge in [-0.1, -0.05) is 76.2 Å². The van der Waals surface area contributed by atoms with Crippen molar-refractivity contribution in [1.29, 1.82) is 0 Å². The lowest BCUT2D eigenvalue weighted by Crippen LogP contribution is -2.15. The molecule has 0 atom stereocenters. The van der Waals surface area contributed by atoms with Gasteiger partial charge < -0.3 is 16.6 Å². The van der Waals surface area contributed by atoms with Crippen LogP contribution in [0.2, 0.25) is 0 Å². The fourth-order valence-corrected chi connectivity index (χ4v) is 7.58. The number of benzene rings is 6. The third-order valence-electron chi connectivity index (χ3n) is 10.2. The normalized spacial score (nSPS) is 10.9. The molecular formula is C55H58F6N4O4. The van der Waals surface area contributed by atoms with E-state index in [9.17, 15) is 35.9 Å². The minimum Gasteiger partial charge on any atom is -0.481 e. The van der Waals surface area contributed by atoms with Gasteiger partial charge in [-0.05, 0) is 153 Å². The smallest absolute Gasteiger partial charge is 0.416 e. The first-order valence-corrected chi connectivity index (χ1v) is 21.2. The third kappa shape index (κ3) is 15.3. The second kappa shape index (κ2) is 22.6. The van der Waals surface area contributed by atoms with E-state index in [1.165, 1.54) is 6.92 Å². The number of halogens is 6. The van der Waals surface area contributed by atoms with Crippen molar-refractivity contribution in [2.75, 3.05) is 11.5 Å². The average Bonchev–Trinajstić information content (AvgIpc) is 3.20. The van der Waals surface area contributed by atoms with Crippen molar-refractivity contribution in [1.82, 2.24) is 9.97 Å². The van der Waals surface area contributed by atoms with Crippen LogP contribution in [0.3, 0.4) is 0 Å².